The number of ether oxygens (including phenoxy) is 1. The molecule has 23 heavy (non-hydrogen) atoms. The van der Waals surface area contributed by atoms with Crippen molar-refractivity contribution < 1.29 is 14.3 Å². The van der Waals surface area contributed by atoms with E-state index in [1.807, 2.05) is 13.8 Å². The highest BCUT2D eigenvalue weighted by atomic mass is 32.1. The summed E-state index contributed by atoms with van der Waals surface area (Å²) in [6, 6.07) is -0.00751. The van der Waals surface area contributed by atoms with E-state index in [1.54, 1.807) is 23.9 Å². The number of rotatable bonds is 4. The Morgan fingerprint density at radius 2 is 2.00 bits per heavy atom. The van der Waals surface area contributed by atoms with Gasteiger partial charge in [0.15, 0.2) is 5.01 Å². The SMILES string of the molecule is CC(C)c1nsc(COC(=O)C2CCN(C(=O)N(C)C)CC2)n1. The summed E-state index contributed by atoms with van der Waals surface area (Å²) < 4.78 is 9.60. The Balaban J connectivity index is 1.77. The van der Waals surface area contributed by atoms with E-state index in [0.717, 1.165) is 10.8 Å². The lowest BCUT2D eigenvalue weighted by molar-refractivity contribution is -0.151. The Morgan fingerprint density at radius 3 is 2.52 bits per heavy atom. The molecule has 8 heteroatoms. The molecule has 0 bridgehead atoms. The Morgan fingerprint density at radius 1 is 1.35 bits per heavy atom. The average molecular weight is 340 g/mol. The van der Waals surface area contributed by atoms with Crippen molar-refractivity contribution in [3.63, 3.8) is 0 Å². The minimum absolute atomic E-state index is 0.00751. The molecule has 0 spiro atoms. The first-order valence-electron chi connectivity index (χ1n) is 7.83. The molecule has 128 valence electrons. The lowest BCUT2D eigenvalue weighted by Gasteiger charge is -2.32. The molecule has 0 radical (unpaired) electrons. The minimum atomic E-state index is -0.205. The van der Waals surface area contributed by atoms with E-state index in [-0.39, 0.29) is 30.4 Å². The van der Waals surface area contributed by atoms with Gasteiger partial charge in [0.2, 0.25) is 0 Å². The predicted octanol–water partition coefficient (Wildman–Crippen LogP) is 2.10. The van der Waals surface area contributed by atoms with Crippen LogP contribution in [-0.4, -0.2) is 58.3 Å². The fraction of sp³-hybridized carbons (Fsp3) is 0.733. The second kappa shape index (κ2) is 7.72. The molecular formula is C15H24N4O3S. The number of carbonyl (C=O) groups excluding carboxylic acids is 2. The van der Waals surface area contributed by atoms with Crippen LogP contribution in [-0.2, 0) is 16.1 Å². The Hall–Kier alpha value is -1.70. The van der Waals surface area contributed by atoms with Crippen LogP contribution >= 0.6 is 11.5 Å². The van der Waals surface area contributed by atoms with Crippen molar-refractivity contribution in [2.75, 3.05) is 27.2 Å². The predicted molar refractivity (Wildman–Crippen MR) is 87.2 cm³/mol. The molecule has 1 aliphatic heterocycles. The Labute approximate surface area is 140 Å². The maximum Gasteiger partial charge on any atom is 0.319 e. The van der Waals surface area contributed by atoms with Crippen LogP contribution in [0.15, 0.2) is 0 Å². The van der Waals surface area contributed by atoms with Crippen molar-refractivity contribution in [1.82, 2.24) is 19.2 Å². The zero-order valence-corrected chi connectivity index (χ0v) is 14.9. The monoisotopic (exact) mass is 340 g/mol. The van der Waals surface area contributed by atoms with Crippen LogP contribution in [0.4, 0.5) is 4.79 Å². The van der Waals surface area contributed by atoms with E-state index in [1.165, 1.54) is 11.5 Å². The second-order valence-electron chi connectivity index (χ2n) is 6.25. The molecule has 0 saturated carbocycles. The first-order valence-corrected chi connectivity index (χ1v) is 8.61. The van der Waals surface area contributed by atoms with Gasteiger partial charge in [-0.1, -0.05) is 13.8 Å². The van der Waals surface area contributed by atoms with Gasteiger partial charge in [-0.3, -0.25) is 4.79 Å². The molecule has 2 rings (SSSR count). The van der Waals surface area contributed by atoms with Gasteiger partial charge in [-0.15, -0.1) is 0 Å². The fourth-order valence-electron chi connectivity index (χ4n) is 2.40. The highest BCUT2D eigenvalue weighted by Crippen LogP contribution is 2.20. The first kappa shape index (κ1) is 17.7. The van der Waals surface area contributed by atoms with E-state index in [2.05, 4.69) is 9.36 Å². The quantitative estimate of drug-likeness (QED) is 0.785. The Kier molecular flexibility index (Phi) is 5.92. The standard InChI is InChI=1S/C15H24N4O3S/c1-10(2)13-16-12(23-17-13)9-22-14(20)11-5-7-19(8-6-11)15(21)18(3)4/h10-11H,5-9H2,1-4H3. The summed E-state index contributed by atoms with van der Waals surface area (Å²) in [6.45, 7) is 5.42. The summed E-state index contributed by atoms with van der Waals surface area (Å²) in [7, 11) is 3.46. The number of esters is 1. The van der Waals surface area contributed by atoms with Crippen LogP contribution in [0.2, 0.25) is 0 Å². The van der Waals surface area contributed by atoms with Crippen LogP contribution in [0.25, 0.3) is 0 Å². The number of amides is 2. The van der Waals surface area contributed by atoms with E-state index >= 15 is 0 Å². The van der Waals surface area contributed by atoms with Crippen LogP contribution in [0.5, 0.6) is 0 Å². The highest BCUT2D eigenvalue weighted by Gasteiger charge is 2.29. The molecule has 1 aliphatic rings. The molecule has 1 fully saturated rings. The van der Waals surface area contributed by atoms with Gasteiger partial charge >= 0.3 is 12.0 Å². The van der Waals surface area contributed by atoms with Gasteiger partial charge in [0.25, 0.3) is 0 Å². The third kappa shape index (κ3) is 4.63. The van der Waals surface area contributed by atoms with E-state index < -0.39 is 0 Å². The van der Waals surface area contributed by atoms with E-state index in [0.29, 0.717) is 25.9 Å². The van der Waals surface area contributed by atoms with Crippen LogP contribution < -0.4 is 0 Å². The third-order valence-corrected chi connectivity index (χ3v) is 4.52. The minimum Gasteiger partial charge on any atom is -0.458 e. The zero-order chi connectivity index (χ0) is 17.0. The first-order chi connectivity index (χ1) is 10.9. The number of hydrogen-bond donors (Lipinski definition) is 0. The van der Waals surface area contributed by atoms with Gasteiger partial charge < -0.3 is 14.5 Å². The molecule has 2 heterocycles. The fourth-order valence-corrected chi connectivity index (χ4v) is 3.10. The molecule has 1 saturated heterocycles. The number of nitrogens with zero attached hydrogens (tertiary/aromatic N) is 4. The van der Waals surface area contributed by atoms with E-state index in [4.69, 9.17) is 4.74 Å². The zero-order valence-electron chi connectivity index (χ0n) is 14.1. The van der Waals surface area contributed by atoms with Gasteiger partial charge in [-0.2, -0.15) is 4.37 Å². The molecule has 2 amide bonds. The molecule has 0 aliphatic carbocycles. The van der Waals surface area contributed by atoms with Crippen molar-refractivity contribution in [2.24, 2.45) is 5.92 Å². The van der Waals surface area contributed by atoms with Crippen molar-refractivity contribution in [3.05, 3.63) is 10.8 Å². The Bertz CT molecular complexity index is 551. The van der Waals surface area contributed by atoms with Crippen LogP contribution in [0, 0.1) is 5.92 Å². The maximum atomic E-state index is 12.1. The summed E-state index contributed by atoms with van der Waals surface area (Å²) in [5.41, 5.74) is 0. The van der Waals surface area contributed by atoms with Gasteiger partial charge in [-0.05, 0) is 24.4 Å². The smallest absolute Gasteiger partial charge is 0.319 e. The van der Waals surface area contributed by atoms with E-state index in [9.17, 15) is 9.59 Å². The number of likely N-dealkylation sites (tertiary alicyclic amines) is 1. The van der Waals surface area contributed by atoms with Crippen molar-refractivity contribution in [2.45, 2.75) is 39.2 Å². The molecule has 0 atom stereocenters. The molecule has 0 unspecified atom stereocenters. The lowest BCUT2D eigenvalue weighted by Crippen LogP contribution is -2.45. The number of urea groups is 1. The third-order valence-electron chi connectivity index (χ3n) is 3.82. The van der Waals surface area contributed by atoms with Crippen LogP contribution in [0.3, 0.4) is 0 Å². The lowest BCUT2D eigenvalue weighted by atomic mass is 9.97. The van der Waals surface area contributed by atoms with Crippen molar-refractivity contribution in [1.29, 1.82) is 0 Å². The average Bonchev–Trinajstić information content (AvgIpc) is 3.01. The molecule has 0 N–H and O–H groups in total. The number of piperidine rings is 1. The summed E-state index contributed by atoms with van der Waals surface area (Å²) in [6.07, 6.45) is 1.29. The van der Waals surface area contributed by atoms with Gasteiger partial charge in [-0.25, -0.2) is 9.78 Å². The number of aromatic nitrogens is 2. The number of carbonyl (C=O) groups is 2. The normalized spacial score (nSPS) is 15.8. The second-order valence-corrected chi connectivity index (χ2v) is 7.08. The maximum absolute atomic E-state index is 12.1. The summed E-state index contributed by atoms with van der Waals surface area (Å²) in [5.74, 6) is 0.716. The van der Waals surface area contributed by atoms with Gasteiger partial charge in [0.1, 0.15) is 12.4 Å². The molecule has 0 aromatic carbocycles. The van der Waals surface area contributed by atoms with Gasteiger partial charge in [0.05, 0.1) is 5.92 Å². The molecule has 1 aromatic heterocycles. The van der Waals surface area contributed by atoms with Crippen LogP contribution in [0.1, 0.15) is 43.4 Å². The highest BCUT2D eigenvalue weighted by molar-refractivity contribution is 7.05. The molecule has 1 aromatic rings. The summed E-state index contributed by atoms with van der Waals surface area (Å²) in [5, 5.41) is 0.724. The summed E-state index contributed by atoms with van der Waals surface area (Å²) in [4.78, 5) is 31.7. The topological polar surface area (TPSA) is 75.6 Å². The molecule has 7 nitrogen and oxygen atoms in total. The van der Waals surface area contributed by atoms with Crippen molar-refractivity contribution >= 4 is 23.5 Å². The number of hydrogen-bond acceptors (Lipinski definition) is 6. The van der Waals surface area contributed by atoms with Crippen molar-refractivity contribution in [3.8, 4) is 0 Å². The van der Waals surface area contributed by atoms with Gasteiger partial charge in [0, 0.05) is 33.1 Å². The largest absolute Gasteiger partial charge is 0.458 e. The molecular weight excluding hydrogens is 316 g/mol. The summed E-state index contributed by atoms with van der Waals surface area (Å²) >= 11 is 1.28.